The van der Waals surface area contributed by atoms with Gasteiger partial charge in [-0.05, 0) is 45.2 Å². The van der Waals surface area contributed by atoms with Gasteiger partial charge < -0.3 is 9.73 Å². The first-order valence-corrected chi connectivity index (χ1v) is 8.56. The molecule has 1 saturated carbocycles. The SMILES string of the molecule is CC1CN2CCCC2CN1Cc1occc1CNC1CC1. The van der Waals surface area contributed by atoms with Crippen LogP contribution in [-0.4, -0.2) is 47.6 Å². The van der Waals surface area contributed by atoms with Gasteiger partial charge in [0.15, 0.2) is 0 Å². The first kappa shape index (κ1) is 13.8. The summed E-state index contributed by atoms with van der Waals surface area (Å²) in [6.07, 6.45) is 7.29. The van der Waals surface area contributed by atoms with Crippen LogP contribution >= 0.6 is 0 Å². The number of rotatable bonds is 5. The molecule has 0 spiro atoms. The highest BCUT2D eigenvalue weighted by Crippen LogP contribution is 2.27. The molecular formula is C17H27N3O. The van der Waals surface area contributed by atoms with Gasteiger partial charge in [-0.15, -0.1) is 0 Å². The Balaban J connectivity index is 1.39. The molecule has 4 nitrogen and oxygen atoms in total. The molecular weight excluding hydrogens is 262 g/mol. The Bertz CT molecular complexity index is 482. The Morgan fingerprint density at radius 1 is 1.29 bits per heavy atom. The maximum Gasteiger partial charge on any atom is 0.122 e. The molecule has 0 aromatic carbocycles. The molecule has 2 saturated heterocycles. The maximum atomic E-state index is 5.78. The number of piperazine rings is 1. The fourth-order valence-electron chi connectivity index (χ4n) is 3.86. The highest BCUT2D eigenvalue weighted by Gasteiger charge is 2.34. The predicted octanol–water partition coefficient (Wildman–Crippen LogP) is 2.20. The summed E-state index contributed by atoms with van der Waals surface area (Å²) in [7, 11) is 0. The molecule has 3 heterocycles. The van der Waals surface area contributed by atoms with Crippen molar-refractivity contribution in [1.82, 2.24) is 15.1 Å². The summed E-state index contributed by atoms with van der Waals surface area (Å²) in [6.45, 7) is 8.03. The summed E-state index contributed by atoms with van der Waals surface area (Å²) in [5, 5.41) is 3.60. The van der Waals surface area contributed by atoms with Gasteiger partial charge in [0.25, 0.3) is 0 Å². The van der Waals surface area contributed by atoms with Crippen molar-refractivity contribution in [3.8, 4) is 0 Å². The van der Waals surface area contributed by atoms with E-state index in [1.54, 1.807) is 0 Å². The summed E-state index contributed by atoms with van der Waals surface area (Å²) in [5.74, 6) is 1.17. The maximum absolute atomic E-state index is 5.78. The lowest BCUT2D eigenvalue weighted by atomic mass is 10.1. The minimum atomic E-state index is 0.633. The summed E-state index contributed by atoms with van der Waals surface area (Å²) >= 11 is 0. The van der Waals surface area contributed by atoms with Crippen molar-refractivity contribution in [3.63, 3.8) is 0 Å². The number of hydrogen-bond acceptors (Lipinski definition) is 4. The average molecular weight is 289 g/mol. The Kier molecular flexibility index (Phi) is 3.78. The highest BCUT2D eigenvalue weighted by atomic mass is 16.3. The molecule has 116 valence electrons. The Morgan fingerprint density at radius 2 is 2.19 bits per heavy atom. The molecule has 1 aliphatic carbocycles. The van der Waals surface area contributed by atoms with E-state index in [0.717, 1.165) is 25.2 Å². The fourth-order valence-corrected chi connectivity index (χ4v) is 3.86. The molecule has 2 aliphatic heterocycles. The Morgan fingerprint density at radius 3 is 3.05 bits per heavy atom. The van der Waals surface area contributed by atoms with E-state index in [0.29, 0.717) is 6.04 Å². The molecule has 1 N–H and O–H groups in total. The molecule has 3 aliphatic rings. The minimum absolute atomic E-state index is 0.633. The van der Waals surface area contributed by atoms with Crippen molar-refractivity contribution >= 4 is 0 Å². The second kappa shape index (κ2) is 5.75. The number of hydrogen-bond donors (Lipinski definition) is 1. The molecule has 4 rings (SSSR count). The van der Waals surface area contributed by atoms with Crippen molar-refractivity contribution < 1.29 is 4.42 Å². The van der Waals surface area contributed by atoms with Crippen molar-refractivity contribution in [3.05, 3.63) is 23.7 Å². The third-order valence-corrected chi connectivity index (χ3v) is 5.41. The van der Waals surface area contributed by atoms with Gasteiger partial charge in [-0.25, -0.2) is 0 Å². The lowest BCUT2D eigenvalue weighted by Gasteiger charge is -2.42. The standard InChI is InChI=1S/C17H27N3O/c1-13-10-19-7-2-3-16(19)11-20(13)12-17-14(6-8-21-17)9-18-15-4-5-15/h6,8,13,15-16,18H,2-5,7,9-12H2,1H3. The van der Waals surface area contributed by atoms with Crippen molar-refractivity contribution in [2.75, 3.05) is 19.6 Å². The molecule has 0 bridgehead atoms. The van der Waals surface area contributed by atoms with Crippen LogP contribution < -0.4 is 5.32 Å². The van der Waals surface area contributed by atoms with Crippen LogP contribution in [0.5, 0.6) is 0 Å². The van der Waals surface area contributed by atoms with Gasteiger partial charge in [-0.2, -0.15) is 0 Å². The van der Waals surface area contributed by atoms with Crippen LogP contribution in [0.2, 0.25) is 0 Å². The largest absolute Gasteiger partial charge is 0.468 e. The quantitative estimate of drug-likeness (QED) is 0.900. The Hall–Kier alpha value is -0.840. The van der Waals surface area contributed by atoms with Crippen LogP contribution in [0.1, 0.15) is 43.9 Å². The first-order valence-electron chi connectivity index (χ1n) is 8.56. The van der Waals surface area contributed by atoms with Gasteiger partial charge in [0, 0.05) is 43.3 Å². The smallest absolute Gasteiger partial charge is 0.122 e. The summed E-state index contributed by atoms with van der Waals surface area (Å²) in [6, 6.07) is 4.31. The van der Waals surface area contributed by atoms with Crippen LogP contribution in [-0.2, 0) is 13.1 Å². The second-order valence-electron chi connectivity index (χ2n) is 7.09. The summed E-state index contributed by atoms with van der Waals surface area (Å²) in [4.78, 5) is 5.30. The number of nitrogens with one attached hydrogen (secondary N) is 1. The third kappa shape index (κ3) is 3.03. The molecule has 1 aromatic heterocycles. The van der Waals surface area contributed by atoms with Gasteiger partial charge in [-0.3, -0.25) is 9.80 Å². The fraction of sp³-hybridized carbons (Fsp3) is 0.765. The third-order valence-electron chi connectivity index (χ3n) is 5.41. The topological polar surface area (TPSA) is 31.6 Å². The number of fused-ring (bicyclic) bond motifs is 1. The van der Waals surface area contributed by atoms with Gasteiger partial charge >= 0.3 is 0 Å². The van der Waals surface area contributed by atoms with E-state index in [1.807, 2.05) is 6.26 Å². The van der Waals surface area contributed by atoms with Gasteiger partial charge in [0.05, 0.1) is 12.8 Å². The van der Waals surface area contributed by atoms with E-state index in [2.05, 4.69) is 28.1 Å². The van der Waals surface area contributed by atoms with E-state index in [1.165, 1.54) is 56.6 Å². The molecule has 4 heteroatoms. The molecule has 0 radical (unpaired) electrons. The molecule has 0 amide bonds. The van der Waals surface area contributed by atoms with E-state index in [9.17, 15) is 0 Å². The average Bonchev–Trinajstić information content (AvgIpc) is 3.02. The number of furan rings is 1. The van der Waals surface area contributed by atoms with Crippen LogP contribution in [0.25, 0.3) is 0 Å². The van der Waals surface area contributed by atoms with E-state index >= 15 is 0 Å². The normalized spacial score (nSPS) is 30.7. The summed E-state index contributed by atoms with van der Waals surface area (Å²) < 4.78 is 5.78. The second-order valence-corrected chi connectivity index (χ2v) is 7.09. The van der Waals surface area contributed by atoms with Crippen LogP contribution in [0.3, 0.4) is 0 Å². The zero-order chi connectivity index (χ0) is 14.2. The summed E-state index contributed by atoms with van der Waals surface area (Å²) in [5.41, 5.74) is 1.35. The minimum Gasteiger partial charge on any atom is -0.468 e. The van der Waals surface area contributed by atoms with Gasteiger partial charge in [-0.1, -0.05) is 0 Å². The molecule has 3 fully saturated rings. The lowest BCUT2D eigenvalue weighted by molar-refractivity contribution is 0.0491. The van der Waals surface area contributed by atoms with E-state index in [-0.39, 0.29) is 0 Å². The van der Waals surface area contributed by atoms with Crippen LogP contribution in [0.15, 0.2) is 16.7 Å². The Labute approximate surface area is 127 Å². The van der Waals surface area contributed by atoms with Gasteiger partial charge in [0.1, 0.15) is 5.76 Å². The molecule has 1 aromatic rings. The van der Waals surface area contributed by atoms with E-state index < -0.39 is 0 Å². The first-order chi connectivity index (χ1) is 10.3. The number of nitrogens with zero attached hydrogens (tertiary/aromatic N) is 2. The van der Waals surface area contributed by atoms with Crippen molar-refractivity contribution in [2.24, 2.45) is 0 Å². The lowest BCUT2D eigenvalue weighted by Crippen LogP contribution is -2.54. The van der Waals surface area contributed by atoms with Crippen LogP contribution in [0.4, 0.5) is 0 Å². The zero-order valence-electron chi connectivity index (χ0n) is 13.1. The van der Waals surface area contributed by atoms with Gasteiger partial charge in [0.2, 0.25) is 0 Å². The predicted molar refractivity (Wildman–Crippen MR) is 83.0 cm³/mol. The highest BCUT2D eigenvalue weighted by molar-refractivity contribution is 5.17. The van der Waals surface area contributed by atoms with Crippen molar-refractivity contribution in [2.45, 2.75) is 63.8 Å². The molecule has 21 heavy (non-hydrogen) atoms. The zero-order valence-corrected chi connectivity index (χ0v) is 13.1. The van der Waals surface area contributed by atoms with Crippen LogP contribution in [0, 0.1) is 0 Å². The molecule has 2 unspecified atom stereocenters. The molecule has 2 atom stereocenters. The van der Waals surface area contributed by atoms with Crippen molar-refractivity contribution in [1.29, 1.82) is 0 Å². The monoisotopic (exact) mass is 289 g/mol. The van der Waals surface area contributed by atoms with E-state index in [4.69, 9.17) is 4.42 Å².